The fraction of sp³-hybridized carbons (Fsp3) is 0.591. The predicted octanol–water partition coefficient (Wildman–Crippen LogP) is 3.44. The van der Waals surface area contributed by atoms with Gasteiger partial charge in [-0.1, -0.05) is 23.9 Å². The molecule has 0 radical (unpaired) electrons. The van der Waals surface area contributed by atoms with Crippen LogP contribution in [0.3, 0.4) is 0 Å². The van der Waals surface area contributed by atoms with Gasteiger partial charge in [0.25, 0.3) is 5.91 Å². The summed E-state index contributed by atoms with van der Waals surface area (Å²) in [4.78, 5) is 16.0. The summed E-state index contributed by atoms with van der Waals surface area (Å²) in [6.07, 6.45) is 6.21. The van der Waals surface area contributed by atoms with Crippen LogP contribution < -0.4 is 4.90 Å². The third kappa shape index (κ3) is 4.98. The molecule has 0 spiro atoms. The third-order valence-corrected chi connectivity index (χ3v) is 6.76. The van der Waals surface area contributed by atoms with Crippen molar-refractivity contribution in [2.75, 3.05) is 38.7 Å². The first-order valence-electron chi connectivity index (χ1n) is 10.8. The topological polar surface area (TPSA) is 63.5 Å². The van der Waals surface area contributed by atoms with E-state index in [1.54, 1.807) is 30.8 Å². The average Bonchev–Trinajstić information content (AvgIpc) is 3.43. The van der Waals surface area contributed by atoms with E-state index in [1.165, 1.54) is 24.8 Å². The lowest BCUT2D eigenvalue weighted by Gasteiger charge is -2.28. The van der Waals surface area contributed by atoms with Crippen LogP contribution in [0, 0.1) is 0 Å². The summed E-state index contributed by atoms with van der Waals surface area (Å²) in [5, 5.41) is 10.0. The molecule has 0 bridgehead atoms. The molecule has 1 aromatic carbocycles. The number of rotatable bonds is 7. The van der Waals surface area contributed by atoms with Gasteiger partial charge in [-0.2, -0.15) is 0 Å². The highest BCUT2D eigenvalue weighted by Gasteiger charge is 2.24. The molecular weight excluding hydrogens is 398 g/mol. The summed E-state index contributed by atoms with van der Waals surface area (Å²) in [6.45, 7) is 3.77. The Kier molecular flexibility index (Phi) is 6.94. The molecule has 8 heteroatoms. The molecule has 162 valence electrons. The van der Waals surface area contributed by atoms with Gasteiger partial charge >= 0.3 is 0 Å². The highest BCUT2D eigenvalue weighted by Crippen LogP contribution is 2.28. The van der Waals surface area contributed by atoms with Crippen LogP contribution in [0.5, 0.6) is 0 Å². The van der Waals surface area contributed by atoms with Crippen molar-refractivity contribution in [2.45, 2.75) is 55.7 Å². The minimum absolute atomic E-state index is 0.0247. The Bertz CT molecular complexity index is 840. The van der Waals surface area contributed by atoms with E-state index in [-0.39, 0.29) is 12.0 Å². The number of carbonyl (C=O) groups is 1. The Morgan fingerprint density at radius 1 is 1.13 bits per heavy atom. The second-order valence-corrected chi connectivity index (χ2v) is 9.20. The molecule has 1 atom stereocenters. The van der Waals surface area contributed by atoms with Crippen LogP contribution in [0.25, 0.3) is 0 Å². The molecule has 0 N–H and O–H groups in total. The lowest BCUT2D eigenvalue weighted by Crippen LogP contribution is -2.33. The number of anilines is 1. The van der Waals surface area contributed by atoms with Gasteiger partial charge in [0.15, 0.2) is 5.16 Å². The van der Waals surface area contributed by atoms with Gasteiger partial charge < -0.3 is 14.5 Å². The first-order valence-corrected chi connectivity index (χ1v) is 11.8. The number of carbonyl (C=O) groups excluding carboxylic acids is 1. The number of ether oxygens (including phenoxy) is 1. The van der Waals surface area contributed by atoms with Gasteiger partial charge in [-0.3, -0.25) is 9.36 Å². The number of nitrogens with zero attached hydrogens (tertiary/aromatic N) is 5. The van der Waals surface area contributed by atoms with Gasteiger partial charge in [-0.25, -0.2) is 0 Å². The van der Waals surface area contributed by atoms with Crippen molar-refractivity contribution in [3.05, 3.63) is 35.4 Å². The van der Waals surface area contributed by atoms with Gasteiger partial charge in [0.2, 0.25) is 5.95 Å². The first kappa shape index (κ1) is 21.2. The largest absolute Gasteiger partial charge is 0.376 e. The van der Waals surface area contributed by atoms with Crippen molar-refractivity contribution < 1.29 is 9.53 Å². The zero-order valence-electron chi connectivity index (χ0n) is 17.9. The summed E-state index contributed by atoms with van der Waals surface area (Å²) in [5.74, 6) is 1.80. The van der Waals surface area contributed by atoms with Gasteiger partial charge in [-0.15, -0.1) is 10.2 Å². The Labute approximate surface area is 182 Å². The van der Waals surface area contributed by atoms with Gasteiger partial charge in [0.05, 0.1) is 12.6 Å². The van der Waals surface area contributed by atoms with Crippen molar-refractivity contribution in [3.63, 3.8) is 0 Å². The van der Waals surface area contributed by atoms with Crippen LogP contribution in [-0.4, -0.2) is 65.5 Å². The fourth-order valence-corrected chi connectivity index (χ4v) is 4.92. The van der Waals surface area contributed by atoms with Crippen molar-refractivity contribution in [1.29, 1.82) is 0 Å². The van der Waals surface area contributed by atoms with Crippen molar-refractivity contribution in [1.82, 2.24) is 19.7 Å². The summed E-state index contributed by atoms with van der Waals surface area (Å²) in [6, 6.07) is 7.84. The highest BCUT2D eigenvalue weighted by atomic mass is 32.2. The van der Waals surface area contributed by atoms with Crippen LogP contribution in [-0.2, 0) is 17.0 Å². The molecule has 2 fully saturated rings. The first-order chi connectivity index (χ1) is 14.6. The molecule has 1 aromatic heterocycles. The zero-order valence-corrected chi connectivity index (χ0v) is 18.7. The molecule has 0 aliphatic carbocycles. The summed E-state index contributed by atoms with van der Waals surface area (Å²) in [7, 11) is 3.54. The monoisotopic (exact) mass is 429 g/mol. The maximum atomic E-state index is 12.1. The zero-order chi connectivity index (χ0) is 20.9. The Hall–Kier alpha value is -2.06. The van der Waals surface area contributed by atoms with Gasteiger partial charge in [0.1, 0.15) is 0 Å². The number of hydrogen-bond acceptors (Lipinski definition) is 6. The van der Waals surface area contributed by atoms with Gasteiger partial charge in [0, 0.05) is 45.1 Å². The molecule has 1 amide bonds. The lowest BCUT2D eigenvalue weighted by atomic mass is 10.1. The van der Waals surface area contributed by atoms with Crippen LogP contribution in [0.4, 0.5) is 5.95 Å². The number of benzene rings is 1. The minimum atomic E-state index is 0.0247. The summed E-state index contributed by atoms with van der Waals surface area (Å²) < 4.78 is 8.16. The number of hydrogen-bond donors (Lipinski definition) is 0. The molecule has 1 unspecified atom stereocenters. The SMILES string of the molecule is CN(C)C(=O)c1ccc(CSc2nnc(N3CCCCC3)n2CC2CCCO2)cc1. The standard InChI is InChI=1S/C22H31N5O2S/c1-25(2)20(28)18-10-8-17(9-11-18)16-30-22-24-23-21(26-12-4-3-5-13-26)27(22)15-19-7-6-14-29-19/h8-11,19H,3-7,12-16H2,1-2H3. The molecule has 7 nitrogen and oxygen atoms in total. The molecule has 2 aliphatic rings. The van der Waals surface area contributed by atoms with E-state index >= 15 is 0 Å². The van der Waals surface area contributed by atoms with E-state index < -0.39 is 0 Å². The van der Waals surface area contributed by atoms with Gasteiger partial charge in [-0.05, 0) is 49.8 Å². The molecule has 2 saturated heterocycles. The maximum Gasteiger partial charge on any atom is 0.253 e. The molecule has 2 aliphatic heterocycles. The van der Waals surface area contributed by atoms with Crippen LogP contribution in [0.2, 0.25) is 0 Å². The van der Waals surface area contributed by atoms with E-state index in [4.69, 9.17) is 4.74 Å². The van der Waals surface area contributed by atoms with Crippen molar-refractivity contribution in [3.8, 4) is 0 Å². The summed E-state index contributed by atoms with van der Waals surface area (Å²) >= 11 is 1.70. The molecular formula is C22H31N5O2S. The Balaban J connectivity index is 1.47. The number of aromatic nitrogens is 3. The van der Waals surface area contributed by atoms with E-state index in [1.807, 2.05) is 24.3 Å². The second kappa shape index (κ2) is 9.83. The molecule has 3 heterocycles. The predicted molar refractivity (Wildman–Crippen MR) is 119 cm³/mol. The Morgan fingerprint density at radius 3 is 2.57 bits per heavy atom. The minimum Gasteiger partial charge on any atom is -0.376 e. The van der Waals surface area contributed by atoms with E-state index in [2.05, 4.69) is 19.7 Å². The summed E-state index contributed by atoms with van der Waals surface area (Å²) in [5.41, 5.74) is 1.88. The van der Waals surface area contributed by atoms with Crippen molar-refractivity contribution in [2.24, 2.45) is 0 Å². The maximum absolute atomic E-state index is 12.1. The molecule has 4 rings (SSSR count). The molecule has 0 saturated carbocycles. The second-order valence-electron chi connectivity index (χ2n) is 8.26. The van der Waals surface area contributed by atoms with E-state index in [0.717, 1.165) is 55.9 Å². The lowest BCUT2D eigenvalue weighted by molar-refractivity contribution is 0.0827. The van der Waals surface area contributed by atoms with E-state index in [9.17, 15) is 4.79 Å². The molecule has 2 aromatic rings. The van der Waals surface area contributed by atoms with Crippen LogP contribution in [0.1, 0.15) is 48.0 Å². The van der Waals surface area contributed by atoms with E-state index in [0.29, 0.717) is 5.56 Å². The third-order valence-electron chi connectivity index (χ3n) is 5.72. The highest BCUT2D eigenvalue weighted by molar-refractivity contribution is 7.98. The Morgan fingerprint density at radius 2 is 1.90 bits per heavy atom. The van der Waals surface area contributed by atoms with Crippen LogP contribution in [0.15, 0.2) is 29.4 Å². The fourth-order valence-electron chi connectivity index (χ4n) is 4.02. The smallest absolute Gasteiger partial charge is 0.253 e. The van der Waals surface area contributed by atoms with Crippen molar-refractivity contribution >= 4 is 23.6 Å². The van der Waals surface area contributed by atoms with Crippen LogP contribution >= 0.6 is 11.8 Å². The number of amides is 1. The molecule has 30 heavy (non-hydrogen) atoms. The number of piperidine rings is 1. The normalized spacial score (nSPS) is 19.3. The number of thioether (sulfide) groups is 1. The average molecular weight is 430 g/mol. The quantitative estimate of drug-likeness (QED) is 0.629.